The first kappa shape index (κ1) is 75.1. The largest absolute Gasteiger partial charge is 0.462 e. The molecule has 6 nitrogen and oxygen atoms in total. The van der Waals surface area contributed by atoms with Crippen LogP contribution in [0.1, 0.15) is 361 Å². The van der Waals surface area contributed by atoms with Crippen molar-refractivity contribution in [2.45, 2.75) is 367 Å². The fourth-order valence-corrected chi connectivity index (χ4v) is 10.1. The van der Waals surface area contributed by atoms with Gasteiger partial charge in [0.15, 0.2) is 6.10 Å². The number of hydrogen-bond donors (Lipinski definition) is 0. The molecule has 0 bridgehead atoms. The van der Waals surface area contributed by atoms with Crippen molar-refractivity contribution in [1.29, 1.82) is 0 Å². The third-order valence-corrected chi connectivity index (χ3v) is 15.3. The summed E-state index contributed by atoms with van der Waals surface area (Å²) in [6.45, 7) is 6.55. The van der Waals surface area contributed by atoms with Crippen LogP contribution in [0.15, 0.2) is 60.8 Å². The maximum atomic E-state index is 12.9. The second kappa shape index (κ2) is 66.6. The Morgan fingerprint density at radius 3 is 0.808 bits per heavy atom. The Labute approximate surface area is 485 Å². The minimum Gasteiger partial charge on any atom is -0.462 e. The first-order chi connectivity index (χ1) is 38.5. The van der Waals surface area contributed by atoms with Gasteiger partial charge in [0.2, 0.25) is 0 Å². The average molecular weight is 1090 g/mol. The van der Waals surface area contributed by atoms with Gasteiger partial charge in [0.05, 0.1) is 0 Å². The van der Waals surface area contributed by atoms with E-state index in [2.05, 4.69) is 81.5 Å². The van der Waals surface area contributed by atoms with E-state index in [0.717, 1.165) is 89.9 Å². The van der Waals surface area contributed by atoms with Crippen molar-refractivity contribution in [3.63, 3.8) is 0 Å². The standard InChI is InChI=1S/C72H130O6/c1-4-7-10-13-16-19-22-25-26-27-28-29-30-31-32-33-34-35-36-37-38-39-40-41-42-43-44-45-46-48-50-53-56-59-62-65-71(74)77-68-69(67-76-70(73)64-61-58-55-52-49-24-21-18-15-12-9-6-3)78-72(75)66-63-60-57-54-51-47-23-20-17-14-11-8-5-2/h7,10,16,19-20,23,25-26,28-29,69H,4-6,8-9,11-15,17-18,21-22,24,27,30-68H2,1-3H3/b10-7-,19-16-,23-20-,26-25-,29-28-. The van der Waals surface area contributed by atoms with Crippen LogP contribution in [-0.4, -0.2) is 37.2 Å². The Balaban J connectivity index is 4.02. The molecule has 6 heteroatoms. The SMILES string of the molecule is CC/C=C\C/C=C\C/C=C\C/C=C\CCCCCCCCCCCCCCCCCCCCCCCCC(=O)OCC(COC(=O)CCCCCCCCCCCCCC)OC(=O)CCCCCCC/C=C\CCCCCC. The maximum absolute atomic E-state index is 12.9. The second-order valence-corrected chi connectivity index (χ2v) is 23.1. The van der Waals surface area contributed by atoms with E-state index in [1.54, 1.807) is 0 Å². The predicted octanol–water partition coefficient (Wildman–Crippen LogP) is 23.5. The van der Waals surface area contributed by atoms with Gasteiger partial charge >= 0.3 is 17.9 Å². The number of unbranched alkanes of at least 4 members (excludes halogenated alkanes) is 42. The van der Waals surface area contributed by atoms with E-state index in [4.69, 9.17) is 14.2 Å². The highest BCUT2D eigenvalue weighted by Gasteiger charge is 2.19. The lowest BCUT2D eigenvalue weighted by Crippen LogP contribution is -2.30. The molecule has 0 aliphatic carbocycles. The Kier molecular flexibility index (Phi) is 64.2. The van der Waals surface area contributed by atoms with Crippen LogP contribution in [0.25, 0.3) is 0 Å². The number of carbonyl (C=O) groups is 3. The Morgan fingerprint density at radius 2 is 0.500 bits per heavy atom. The van der Waals surface area contributed by atoms with Crippen LogP contribution in [0.5, 0.6) is 0 Å². The zero-order valence-corrected chi connectivity index (χ0v) is 52.2. The summed E-state index contributed by atoms with van der Waals surface area (Å²) in [6.07, 6.45) is 85.5. The van der Waals surface area contributed by atoms with Gasteiger partial charge in [-0.25, -0.2) is 0 Å². The molecule has 0 rings (SSSR count). The maximum Gasteiger partial charge on any atom is 0.306 e. The molecule has 0 aromatic heterocycles. The summed E-state index contributed by atoms with van der Waals surface area (Å²) >= 11 is 0. The smallest absolute Gasteiger partial charge is 0.306 e. The van der Waals surface area contributed by atoms with Crippen molar-refractivity contribution < 1.29 is 28.6 Å². The van der Waals surface area contributed by atoms with Crippen molar-refractivity contribution in [3.8, 4) is 0 Å². The minimum atomic E-state index is -0.773. The Bertz CT molecular complexity index is 1390. The minimum absolute atomic E-state index is 0.0709. The van der Waals surface area contributed by atoms with Gasteiger partial charge in [-0.15, -0.1) is 0 Å². The number of esters is 3. The molecule has 0 saturated heterocycles. The Hall–Kier alpha value is -2.89. The molecule has 0 spiro atoms. The van der Waals surface area contributed by atoms with Crippen LogP contribution in [-0.2, 0) is 28.6 Å². The lowest BCUT2D eigenvalue weighted by molar-refractivity contribution is -0.167. The fourth-order valence-electron chi connectivity index (χ4n) is 10.1. The first-order valence-electron chi connectivity index (χ1n) is 34.3. The fraction of sp³-hybridized carbons (Fsp3) is 0.819. The molecule has 0 radical (unpaired) electrons. The molecular formula is C72H130O6. The molecule has 0 amide bonds. The van der Waals surface area contributed by atoms with E-state index in [1.165, 1.54) is 231 Å². The van der Waals surface area contributed by atoms with Crippen LogP contribution in [0.2, 0.25) is 0 Å². The lowest BCUT2D eigenvalue weighted by atomic mass is 10.0. The van der Waals surface area contributed by atoms with E-state index < -0.39 is 6.10 Å². The highest BCUT2D eigenvalue weighted by molar-refractivity contribution is 5.71. The van der Waals surface area contributed by atoms with Gasteiger partial charge in [-0.05, 0) is 83.5 Å². The molecule has 0 fully saturated rings. The van der Waals surface area contributed by atoms with E-state index in [0.29, 0.717) is 19.3 Å². The molecule has 1 atom stereocenters. The quantitative estimate of drug-likeness (QED) is 0.0261. The molecule has 1 unspecified atom stereocenters. The van der Waals surface area contributed by atoms with Crippen molar-refractivity contribution in [2.75, 3.05) is 13.2 Å². The lowest BCUT2D eigenvalue weighted by Gasteiger charge is -2.18. The van der Waals surface area contributed by atoms with Crippen LogP contribution in [0.4, 0.5) is 0 Å². The van der Waals surface area contributed by atoms with Crippen LogP contribution < -0.4 is 0 Å². The number of hydrogen-bond acceptors (Lipinski definition) is 6. The van der Waals surface area contributed by atoms with Crippen molar-refractivity contribution in [3.05, 3.63) is 60.8 Å². The van der Waals surface area contributed by atoms with E-state index in [9.17, 15) is 14.4 Å². The van der Waals surface area contributed by atoms with E-state index >= 15 is 0 Å². The van der Waals surface area contributed by atoms with Gasteiger partial charge in [-0.3, -0.25) is 14.4 Å². The van der Waals surface area contributed by atoms with Crippen molar-refractivity contribution in [1.82, 2.24) is 0 Å². The van der Waals surface area contributed by atoms with Crippen LogP contribution in [0.3, 0.4) is 0 Å². The van der Waals surface area contributed by atoms with Crippen molar-refractivity contribution in [2.24, 2.45) is 0 Å². The topological polar surface area (TPSA) is 78.9 Å². The van der Waals surface area contributed by atoms with E-state index in [1.807, 2.05) is 0 Å². The van der Waals surface area contributed by atoms with Gasteiger partial charge < -0.3 is 14.2 Å². The zero-order valence-electron chi connectivity index (χ0n) is 52.2. The molecule has 0 heterocycles. The average Bonchev–Trinajstić information content (AvgIpc) is 3.44. The third-order valence-electron chi connectivity index (χ3n) is 15.3. The van der Waals surface area contributed by atoms with Gasteiger partial charge in [0.25, 0.3) is 0 Å². The van der Waals surface area contributed by atoms with E-state index in [-0.39, 0.29) is 31.1 Å². The molecule has 0 saturated carbocycles. The summed E-state index contributed by atoms with van der Waals surface area (Å²) < 4.78 is 16.9. The van der Waals surface area contributed by atoms with Gasteiger partial charge in [-0.2, -0.15) is 0 Å². The molecule has 0 aliphatic rings. The number of ether oxygens (including phenoxy) is 3. The van der Waals surface area contributed by atoms with Gasteiger partial charge in [0.1, 0.15) is 13.2 Å². The second-order valence-electron chi connectivity index (χ2n) is 23.1. The monoisotopic (exact) mass is 1090 g/mol. The molecule has 454 valence electrons. The molecule has 0 N–H and O–H groups in total. The molecule has 78 heavy (non-hydrogen) atoms. The summed E-state index contributed by atoms with van der Waals surface area (Å²) in [5.41, 5.74) is 0. The highest BCUT2D eigenvalue weighted by Crippen LogP contribution is 2.18. The Morgan fingerprint density at radius 1 is 0.269 bits per heavy atom. The summed E-state index contributed by atoms with van der Waals surface area (Å²) in [5, 5.41) is 0. The summed E-state index contributed by atoms with van der Waals surface area (Å²) in [5.74, 6) is -0.858. The van der Waals surface area contributed by atoms with Gasteiger partial charge in [0, 0.05) is 19.3 Å². The third kappa shape index (κ3) is 63.9. The molecule has 0 aliphatic heterocycles. The molecular weight excluding hydrogens is 961 g/mol. The summed E-state index contributed by atoms with van der Waals surface area (Å²) in [7, 11) is 0. The van der Waals surface area contributed by atoms with Crippen molar-refractivity contribution >= 4 is 17.9 Å². The van der Waals surface area contributed by atoms with Gasteiger partial charge in [-0.1, -0.05) is 319 Å². The molecule has 0 aromatic rings. The first-order valence-corrected chi connectivity index (χ1v) is 34.3. The summed E-state index contributed by atoms with van der Waals surface area (Å²) in [4.78, 5) is 38.2. The number of carbonyl (C=O) groups excluding carboxylic acids is 3. The zero-order chi connectivity index (χ0) is 56.4. The number of rotatable bonds is 63. The highest BCUT2D eigenvalue weighted by atomic mass is 16.6. The number of allylic oxidation sites excluding steroid dienone is 10. The van der Waals surface area contributed by atoms with Crippen LogP contribution >= 0.6 is 0 Å². The molecule has 0 aromatic carbocycles. The predicted molar refractivity (Wildman–Crippen MR) is 339 cm³/mol. The van der Waals surface area contributed by atoms with Crippen LogP contribution in [0, 0.1) is 0 Å². The normalized spacial score (nSPS) is 12.4. The summed E-state index contributed by atoms with van der Waals surface area (Å²) in [6, 6.07) is 0.